The molecule has 2 aliphatic rings. The van der Waals surface area contributed by atoms with E-state index in [-0.39, 0.29) is 12.1 Å². The van der Waals surface area contributed by atoms with Gasteiger partial charge in [-0.05, 0) is 43.5 Å². The van der Waals surface area contributed by atoms with E-state index in [9.17, 15) is 4.79 Å². The van der Waals surface area contributed by atoms with Gasteiger partial charge in [0.1, 0.15) is 0 Å². The lowest BCUT2D eigenvalue weighted by atomic mass is 9.89. The monoisotopic (exact) mass is 273 g/mol. The first kappa shape index (κ1) is 13.4. The highest BCUT2D eigenvalue weighted by atomic mass is 16.2. The maximum Gasteiger partial charge on any atom is 0.322 e. The molecule has 1 aromatic rings. The van der Waals surface area contributed by atoms with Gasteiger partial charge >= 0.3 is 6.03 Å². The third kappa shape index (κ3) is 2.29. The van der Waals surface area contributed by atoms with Crippen LogP contribution in [0.2, 0.25) is 0 Å². The number of piperidine rings is 1. The molecule has 4 heteroatoms. The molecule has 1 aromatic carbocycles. The summed E-state index contributed by atoms with van der Waals surface area (Å²) in [5.74, 6) is 0.414. The molecule has 20 heavy (non-hydrogen) atoms. The Morgan fingerprint density at radius 2 is 1.90 bits per heavy atom. The lowest BCUT2D eigenvalue weighted by Crippen LogP contribution is -2.52. The average molecular weight is 273 g/mol. The van der Waals surface area contributed by atoms with Crippen LogP contribution in [0.25, 0.3) is 0 Å². The van der Waals surface area contributed by atoms with Crippen molar-refractivity contribution in [1.29, 1.82) is 0 Å². The van der Waals surface area contributed by atoms with Crippen LogP contribution in [-0.4, -0.2) is 30.1 Å². The van der Waals surface area contributed by atoms with Gasteiger partial charge in [0.15, 0.2) is 0 Å². The van der Waals surface area contributed by atoms with Gasteiger partial charge in [0.05, 0.1) is 6.04 Å². The van der Waals surface area contributed by atoms with Gasteiger partial charge < -0.3 is 15.5 Å². The molecule has 4 nitrogen and oxygen atoms in total. The Morgan fingerprint density at radius 3 is 2.60 bits per heavy atom. The van der Waals surface area contributed by atoms with E-state index in [1.807, 2.05) is 12.1 Å². The number of carbonyl (C=O) groups is 1. The first-order chi connectivity index (χ1) is 9.68. The average Bonchev–Trinajstić information content (AvgIpc) is 2.46. The summed E-state index contributed by atoms with van der Waals surface area (Å²) in [5, 5.41) is 6.43. The second-order valence-corrected chi connectivity index (χ2v) is 6.09. The highest BCUT2D eigenvalue weighted by molar-refractivity contribution is 5.93. The highest BCUT2D eigenvalue weighted by Gasteiger charge is 2.38. The quantitative estimate of drug-likeness (QED) is 0.870. The Morgan fingerprint density at radius 1 is 1.20 bits per heavy atom. The molecule has 0 aliphatic carbocycles. The van der Waals surface area contributed by atoms with Crippen LogP contribution in [0.4, 0.5) is 10.5 Å². The maximum absolute atomic E-state index is 12.6. The third-order valence-corrected chi connectivity index (χ3v) is 4.39. The van der Waals surface area contributed by atoms with Crippen LogP contribution in [0.1, 0.15) is 38.3 Å². The first-order valence-corrected chi connectivity index (χ1v) is 7.57. The number of carbonyl (C=O) groups excluding carboxylic acids is 1. The van der Waals surface area contributed by atoms with Gasteiger partial charge in [-0.2, -0.15) is 0 Å². The predicted molar refractivity (Wildman–Crippen MR) is 80.8 cm³/mol. The number of nitrogens with one attached hydrogen (secondary N) is 2. The number of benzene rings is 1. The second kappa shape index (κ2) is 5.44. The predicted octanol–water partition coefficient (Wildman–Crippen LogP) is 2.98. The number of fused-ring (bicyclic) bond motifs is 1. The van der Waals surface area contributed by atoms with Crippen LogP contribution >= 0.6 is 0 Å². The molecule has 3 rings (SSSR count). The molecule has 2 amide bonds. The number of para-hydroxylation sites is 1. The molecular formula is C16H23N3O. The smallest absolute Gasteiger partial charge is 0.317 e. The van der Waals surface area contributed by atoms with E-state index in [1.54, 1.807) is 0 Å². The second-order valence-electron chi connectivity index (χ2n) is 6.09. The van der Waals surface area contributed by atoms with Gasteiger partial charge in [-0.15, -0.1) is 0 Å². The first-order valence-electron chi connectivity index (χ1n) is 7.57. The highest BCUT2D eigenvalue weighted by Crippen LogP contribution is 2.39. The minimum absolute atomic E-state index is 0.0642. The molecule has 2 aliphatic heterocycles. The number of rotatable bonds is 2. The van der Waals surface area contributed by atoms with E-state index in [0.717, 1.165) is 31.6 Å². The van der Waals surface area contributed by atoms with Gasteiger partial charge in [0, 0.05) is 11.7 Å². The van der Waals surface area contributed by atoms with Crippen molar-refractivity contribution >= 4 is 11.7 Å². The Hall–Kier alpha value is -1.55. The van der Waals surface area contributed by atoms with E-state index < -0.39 is 0 Å². The van der Waals surface area contributed by atoms with Crippen molar-refractivity contribution in [3.05, 3.63) is 29.8 Å². The minimum Gasteiger partial charge on any atom is -0.317 e. The van der Waals surface area contributed by atoms with Gasteiger partial charge in [0.25, 0.3) is 0 Å². The van der Waals surface area contributed by atoms with Crippen molar-refractivity contribution in [3.8, 4) is 0 Å². The fraction of sp³-hybridized carbons (Fsp3) is 0.562. The summed E-state index contributed by atoms with van der Waals surface area (Å²) in [7, 11) is 0. The summed E-state index contributed by atoms with van der Waals surface area (Å²) in [6, 6.07) is 8.79. The Bertz CT molecular complexity index is 494. The SMILES string of the molecule is CC(C)C1c2ccccc2NC(=O)N1C1CCNCC1. The molecule has 1 unspecified atom stereocenters. The molecule has 2 N–H and O–H groups in total. The fourth-order valence-corrected chi connectivity index (χ4v) is 3.48. The molecule has 1 saturated heterocycles. The van der Waals surface area contributed by atoms with Gasteiger partial charge in [-0.1, -0.05) is 32.0 Å². The summed E-state index contributed by atoms with van der Waals surface area (Å²) >= 11 is 0. The summed E-state index contributed by atoms with van der Waals surface area (Å²) < 4.78 is 0. The van der Waals surface area contributed by atoms with Crippen molar-refractivity contribution < 1.29 is 4.79 Å². The zero-order valence-electron chi connectivity index (χ0n) is 12.2. The number of anilines is 1. The normalized spacial score (nSPS) is 23.6. The van der Waals surface area contributed by atoms with E-state index in [4.69, 9.17) is 0 Å². The zero-order valence-corrected chi connectivity index (χ0v) is 12.2. The van der Waals surface area contributed by atoms with Crippen molar-refractivity contribution in [2.75, 3.05) is 18.4 Å². The molecular weight excluding hydrogens is 250 g/mol. The minimum atomic E-state index is 0.0642. The van der Waals surface area contributed by atoms with Crippen molar-refractivity contribution in [1.82, 2.24) is 10.2 Å². The molecule has 0 radical (unpaired) electrons. The molecule has 0 bridgehead atoms. The summed E-state index contributed by atoms with van der Waals surface area (Å²) in [6.07, 6.45) is 2.08. The van der Waals surface area contributed by atoms with Gasteiger partial charge in [-0.25, -0.2) is 4.79 Å². The Kier molecular flexibility index (Phi) is 3.66. The van der Waals surface area contributed by atoms with E-state index >= 15 is 0 Å². The van der Waals surface area contributed by atoms with Crippen molar-refractivity contribution in [2.45, 2.75) is 38.8 Å². The standard InChI is InChI=1S/C16H23N3O/c1-11(2)15-13-5-3-4-6-14(13)18-16(20)19(15)12-7-9-17-10-8-12/h3-6,11-12,15,17H,7-10H2,1-2H3,(H,18,20). The van der Waals surface area contributed by atoms with Crippen LogP contribution in [0.3, 0.4) is 0 Å². The largest absolute Gasteiger partial charge is 0.322 e. The number of urea groups is 1. The fourth-order valence-electron chi connectivity index (χ4n) is 3.48. The van der Waals surface area contributed by atoms with Crippen LogP contribution < -0.4 is 10.6 Å². The molecule has 0 spiro atoms. The summed E-state index contributed by atoms with van der Waals surface area (Å²) in [5.41, 5.74) is 2.22. The summed E-state index contributed by atoms with van der Waals surface area (Å²) in [4.78, 5) is 14.7. The third-order valence-electron chi connectivity index (χ3n) is 4.39. The van der Waals surface area contributed by atoms with Crippen LogP contribution in [0, 0.1) is 5.92 Å². The van der Waals surface area contributed by atoms with Gasteiger partial charge in [0.2, 0.25) is 0 Å². The number of hydrogen-bond acceptors (Lipinski definition) is 2. The van der Waals surface area contributed by atoms with Gasteiger partial charge in [-0.3, -0.25) is 0 Å². The Balaban J connectivity index is 1.98. The number of hydrogen-bond donors (Lipinski definition) is 2. The maximum atomic E-state index is 12.6. The molecule has 108 valence electrons. The molecule has 2 heterocycles. The topological polar surface area (TPSA) is 44.4 Å². The van der Waals surface area contributed by atoms with Crippen molar-refractivity contribution in [3.63, 3.8) is 0 Å². The van der Waals surface area contributed by atoms with Crippen LogP contribution in [-0.2, 0) is 0 Å². The molecule has 0 saturated carbocycles. The zero-order chi connectivity index (χ0) is 14.1. The number of nitrogens with zero attached hydrogens (tertiary/aromatic N) is 1. The molecule has 1 atom stereocenters. The van der Waals surface area contributed by atoms with Crippen molar-refractivity contribution in [2.24, 2.45) is 5.92 Å². The number of amides is 2. The lowest BCUT2D eigenvalue weighted by Gasteiger charge is -2.45. The lowest BCUT2D eigenvalue weighted by molar-refractivity contribution is 0.111. The summed E-state index contributed by atoms with van der Waals surface area (Å²) in [6.45, 7) is 6.41. The van der Waals surface area contributed by atoms with Crippen LogP contribution in [0.15, 0.2) is 24.3 Å². The van der Waals surface area contributed by atoms with Crippen LogP contribution in [0.5, 0.6) is 0 Å². The van der Waals surface area contributed by atoms with E-state index in [0.29, 0.717) is 12.0 Å². The molecule has 0 aromatic heterocycles. The Labute approximate surface area is 120 Å². The van der Waals surface area contributed by atoms with E-state index in [2.05, 4.69) is 41.5 Å². The van der Waals surface area contributed by atoms with E-state index in [1.165, 1.54) is 5.56 Å². The molecule has 1 fully saturated rings.